The summed E-state index contributed by atoms with van der Waals surface area (Å²) in [6, 6.07) is -0.415. The van der Waals surface area contributed by atoms with E-state index >= 15 is 0 Å². The van der Waals surface area contributed by atoms with Crippen molar-refractivity contribution in [2.45, 2.75) is 46.6 Å². The quantitative estimate of drug-likeness (QED) is 0.782. The van der Waals surface area contributed by atoms with Crippen molar-refractivity contribution < 1.29 is 4.79 Å². The highest BCUT2D eigenvalue weighted by Crippen LogP contribution is 2.13. The van der Waals surface area contributed by atoms with Gasteiger partial charge in [0.25, 0.3) is 0 Å². The van der Waals surface area contributed by atoms with Crippen LogP contribution >= 0.6 is 12.4 Å². The van der Waals surface area contributed by atoms with Gasteiger partial charge in [-0.15, -0.1) is 12.4 Å². The van der Waals surface area contributed by atoms with E-state index in [1.165, 1.54) is 11.3 Å². The van der Waals surface area contributed by atoms with E-state index in [1.54, 1.807) is 0 Å². The molecule has 1 heterocycles. The molecule has 0 fully saturated rings. The molecule has 0 spiro atoms. The zero-order chi connectivity index (χ0) is 14.6. The summed E-state index contributed by atoms with van der Waals surface area (Å²) in [5.74, 6) is 0.109. The van der Waals surface area contributed by atoms with Gasteiger partial charge in [-0.1, -0.05) is 13.8 Å². The lowest BCUT2D eigenvalue weighted by Crippen LogP contribution is -2.44. The first kappa shape index (κ1) is 18.9. The van der Waals surface area contributed by atoms with Gasteiger partial charge in [0.2, 0.25) is 5.91 Å². The lowest BCUT2D eigenvalue weighted by molar-refractivity contribution is -0.123. The molecule has 1 rings (SSSR count). The molecule has 3 N–H and O–H groups in total. The van der Waals surface area contributed by atoms with Crippen LogP contribution in [0.4, 0.5) is 0 Å². The van der Waals surface area contributed by atoms with Crippen molar-refractivity contribution in [1.29, 1.82) is 0 Å². The second kappa shape index (κ2) is 8.27. The highest BCUT2D eigenvalue weighted by atomic mass is 35.5. The zero-order valence-electron chi connectivity index (χ0n) is 13.1. The Bertz CT molecular complexity index is 443. The number of nitrogens with one attached hydrogen (secondary N) is 1. The van der Waals surface area contributed by atoms with E-state index in [1.807, 2.05) is 32.5 Å². The van der Waals surface area contributed by atoms with Crippen molar-refractivity contribution in [3.05, 3.63) is 17.0 Å². The standard InChI is InChI=1S/C14H26N4O.ClH/c1-9(2)13(15)14(19)16-8-6-7-12-10(3)17-18(5)11(12)4;/h9,13H,6-8,15H2,1-5H3,(H,16,19);1H/t13-;/m0./s1. The van der Waals surface area contributed by atoms with Crippen LogP contribution in [0.1, 0.15) is 37.2 Å². The van der Waals surface area contributed by atoms with Gasteiger partial charge in [0.15, 0.2) is 0 Å². The number of aromatic nitrogens is 2. The highest BCUT2D eigenvalue weighted by Gasteiger charge is 2.16. The first-order valence-electron chi connectivity index (χ1n) is 6.87. The van der Waals surface area contributed by atoms with Crippen molar-refractivity contribution in [3.63, 3.8) is 0 Å². The van der Waals surface area contributed by atoms with Gasteiger partial charge in [-0.2, -0.15) is 5.10 Å². The van der Waals surface area contributed by atoms with Crippen LogP contribution in [0, 0.1) is 19.8 Å². The summed E-state index contributed by atoms with van der Waals surface area (Å²) in [6.07, 6.45) is 1.84. The molecule has 0 radical (unpaired) electrons. The summed E-state index contributed by atoms with van der Waals surface area (Å²) < 4.78 is 1.90. The smallest absolute Gasteiger partial charge is 0.237 e. The van der Waals surface area contributed by atoms with Crippen molar-refractivity contribution in [2.24, 2.45) is 18.7 Å². The van der Waals surface area contributed by atoms with E-state index in [4.69, 9.17) is 5.73 Å². The lowest BCUT2D eigenvalue weighted by Gasteiger charge is -2.15. The summed E-state index contributed by atoms with van der Waals surface area (Å²) in [5.41, 5.74) is 9.33. The number of aryl methyl sites for hydroxylation is 2. The number of rotatable bonds is 6. The van der Waals surface area contributed by atoms with Gasteiger partial charge in [0.1, 0.15) is 0 Å². The maximum Gasteiger partial charge on any atom is 0.237 e. The molecular formula is C14H27ClN4O. The number of nitrogens with two attached hydrogens (primary N) is 1. The minimum atomic E-state index is -0.415. The molecule has 0 aliphatic rings. The maximum atomic E-state index is 11.7. The largest absolute Gasteiger partial charge is 0.355 e. The average Bonchev–Trinajstić information content (AvgIpc) is 2.58. The molecule has 0 bridgehead atoms. The molecule has 5 nitrogen and oxygen atoms in total. The molecule has 1 amide bonds. The van der Waals surface area contributed by atoms with Crippen LogP contribution in [-0.4, -0.2) is 28.3 Å². The zero-order valence-corrected chi connectivity index (χ0v) is 13.9. The highest BCUT2D eigenvalue weighted by molar-refractivity contribution is 5.85. The van der Waals surface area contributed by atoms with Crippen molar-refractivity contribution in [2.75, 3.05) is 6.54 Å². The van der Waals surface area contributed by atoms with Crippen molar-refractivity contribution >= 4 is 18.3 Å². The number of nitrogens with zero attached hydrogens (tertiary/aromatic N) is 2. The number of carbonyl (C=O) groups excluding carboxylic acids is 1. The predicted octanol–water partition coefficient (Wildman–Crippen LogP) is 1.49. The molecule has 0 aromatic carbocycles. The first-order chi connectivity index (χ1) is 8.84. The molecule has 6 heteroatoms. The summed E-state index contributed by atoms with van der Waals surface area (Å²) in [6.45, 7) is 8.66. The molecule has 0 saturated heterocycles. The van der Waals surface area contributed by atoms with Gasteiger partial charge in [-0.05, 0) is 38.2 Å². The molecule has 0 aliphatic carbocycles. The Labute approximate surface area is 127 Å². The fraction of sp³-hybridized carbons (Fsp3) is 0.714. The van der Waals surface area contributed by atoms with E-state index in [9.17, 15) is 4.79 Å². The van der Waals surface area contributed by atoms with Crippen LogP contribution < -0.4 is 11.1 Å². The number of carbonyl (C=O) groups is 1. The van der Waals surface area contributed by atoms with Crippen LogP contribution in [0.15, 0.2) is 0 Å². The Balaban J connectivity index is 0.00000361. The molecule has 1 atom stereocenters. The molecule has 0 saturated carbocycles. The van der Waals surface area contributed by atoms with E-state index < -0.39 is 6.04 Å². The van der Waals surface area contributed by atoms with E-state index in [2.05, 4.69) is 17.3 Å². The van der Waals surface area contributed by atoms with Crippen LogP contribution in [0.25, 0.3) is 0 Å². The van der Waals surface area contributed by atoms with Gasteiger partial charge in [0, 0.05) is 19.3 Å². The number of hydrogen-bond acceptors (Lipinski definition) is 3. The van der Waals surface area contributed by atoms with Gasteiger partial charge in [0.05, 0.1) is 11.7 Å². The minimum absolute atomic E-state index is 0. The molecular weight excluding hydrogens is 276 g/mol. The third-order valence-electron chi connectivity index (χ3n) is 3.58. The van der Waals surface area contributed by atoms with Crippen molar-refractivity contribution in [1.82, 2.24) is 15.1 Å². The fourth-order valence-electron chi connectivity index (χ4n) is 2.08. The monoisotopic (exact) mass is 302 g/mol. The Morgan fingerprint density at radius 1 is 1.40 bits per heavy atom. The SMILES string of the molecule is Cc1nn(C)c(C)c1CCCNC(=O)[C@@H](N)C(C)C.Cl. The van der Waals surface area contributed by atoms with Gasteiger partial charge >= 0.3 is 0 Å². The molecule has 0 unspecified atom stereocenters. The van der Waals surface area contributed by atoms with Crippen LogP contribution in [0.5, 0.6) is 0 Å². The third kappa shape index (κ3) is 4.80. The molecule has 20 heavy (non-hydrogen) atoms. The number of halogens is 1. The minimum Gasteiger partial charge on any atom is -0.355 e. The topological polar surface area (TPSA) is 72.9 Å². The predicted molar refractivity (Wildman–Crippen MR) is 84.1 cm³/mol. The van der Waals surface area contributed by atoms with Gasteiger partial charge in [-0.3, -0.25) is 9.48 Å². The number of hydrogen-bond donors (Lipinski definition) is 2. The lowest BCUT2D eigenvalue weighted by atomic mass is 10.0. The Morgan fingerprint density at radius 3 is 2.45 bits per heavy atom. The normalized spacial score (nSPS) is 12.2. The van der Waals surface area contributed by atoms with E-state index in [-0.39, 0.29) is 24.2 Å². The van der Waals surface area contributed by atoms with E-state index in [0.29, 0.717) is 6.54 Å². The molecule has 1 aromatic heterocycles. The maximum absolute atomic E-state index is 11.7. The number of amides is 1. The second-order valence-corrected chi connectivity index (χ2v) is 5.44. The van der Waals surface area contributed by atoms with Crippen LogP contribution in [0.2, 0.25) is 0 Å². The Morgan fingerprint density at radius 2 is 2.00 bits per heavy atom. The summed E-state index contributed by atoms with van der Waals surface area (Å²) in [7, 11) is 1.95. The summed E-state index contributed by atoms with van der Waals surface area (Å²) >= 11 is 0. The van der Waals surface area contributed by atoms with Gasteiger partial charge < -0.3 is 11.1 Å². The molecule has 1 aromatic rings. The van der Waals surface area contributed by atoms with E-state index in [0.717, 1.165) is 18.5 Å². The first-order valence-corrected chi connectivity index (χ1v) is 6.87. The van der Waals surface area contributed by atoms with Crippen LogP contribution in [-0.2, 0) is 18.3 Å². The van der Waals surface area contributed by atoms with Crippen molar-refractivity contribution in [3.8, 4) is 0 Å². The Kier molecular flexibility index (Phi) is 7.83. The summed E-state index contributed by atoms with van der Waals surface area (Å²) in [5, 5.41) is 7.27. The summed E-state index contributed by atoms with van der Waals surface area (Å²) in [4.78, 5) is 11.7. The third-order valence-corrected chi connectivity index (χ3v) is 3.58. The average molecular weight is 303 g/mol. The Hall–Kier alpha value is -1.07. The molecule has 116 valence electrons. The fourth-order valence-corrected chi connectivity index (χ4v) is 2.08. The second-order valence-electron chi connectivity index (χ2n) is 5.44. The molecule has 0 aliphatic heterocycles. The van der Waals surface area contributed by atoms with Crippen LogP contribution in [0.3, 0.4) is 0 Å². The van der Waals surface area contributed by atoms with Gasteiger partial charge in [-0.25, -0.2) is 0 Å².